The van der Waals surface area contributed by atoms with Crippen LogP contribution in [0.2, 0.25) is 5.02 Å². The molecule has 2 N–H and O–H groups in total. The minimum atomic E-state index is -0.446. The first kappa shape index (κ1) is 19.1. The average molecular weight is 429 g/mol. The molecule has 0 amide bonds. The SMILES string of the molecule is C[C@@H]1CN(c2cc(Cl)c3c(Oc4cc(F)c5nn(C)cc5c4)n[nH]c3c2)C[C@H](C)N1. The van der Waals surface area contributed by atoms with Crippen molar-refractivity contribution >= 4 is 39.1 Å². The number of rotatable bonds is 3. The molecule has 0 saturated carbocycles. The lowest BCUT2D eigenvalue weighted by atomic mass is 10.1. The van der Waals surface area contributed by atoms with Crippen molar-refractivity contribution in [2.75, 3.05) is 18.0 Å². The molecule has 30 heavy (non-hydrogen) atoms. The Morgan fingerprint density at radius 1 is 1.17 bits per heavy atom. The summed E-state index contributed by atoms with van der Waals surface area (Å²) in [6.45, 7) is 6.13. The quantitative estimate of drug-likeness (QED) is 0.511. The number of aromatic nitrogens is 4. The maximum absolute atomic E-state index is 14.4. The van der Waals surface area contributed by atoms with Crippen LogP contribution in [0, 0.1) is 5.82 Å². The van der Waals surface area contributed by atoms with Gasteiger partial charge in [-0.25, -0.2) is 4.39 Å². The van der Waals surface area contributed by atoms with E-state index in [-0.39, 0.29) is 0 Å². The van der Waals surface area contributed by atoms with Gasteiger partial charge in [0, 0.05) is 55.6 Å². The van der Waals surface area contributed by atoms with Crippen molar-refractivity contribution in [1.82, 2.24) is 25.3 Å². The lowest BCUT2D eigenvalue weighted by molar-refractivity contribution is 0.407. The van der Waals surface area contributed by atoms with Gasteiger partial charge in [0.25, 0.3) is 0 Å². The van der Waals surface area contributed by atoms with Crippen LogP contribution in [0.1, 0.15) is 13.8 Å². The van der Waals surface area contributed by atoms with Gasteiger partial charge in [-0.05, 0) is 32.0 Å². The molecule has 2 atom stereocenters. The van der Waals surface area contributed by atoms with Crippen LogP contribution in [-0.4, -0.2) is 45.2 Å². The van der Waals surface area contributed by atoms with Gasteiger partial charge in [0.15, 0.2) is 5.82 Å². The van der Waals surface area contributed by atoms with E-state index in [1.165, 1.54) is 6.07 Å². The third kappa shape index (κ3) is 3.36. The van der Waals surface area contributed by atoms with Crippen LogP contribution in [0.5, 0.6) is 11.6 Å². The zero-order valence-corrected chi connectivity index (χ0v) is 17.7. The Balaban J connectivity index is 1.49. The Bertz CT molecular complexity index is 1240. The molecular formula is C21H22ClFN6O. The molecular weight excluding hydrogens is 407 g/mol. The number of anilines is 1. The van der Waals surface area contributed by atoms with Gasteiger partial charge in [-0.2, -0.15) is 5.10 Å². The van der Waals surface area contributed by atoms with E-state index in [9.17, 15) is 4.39 Å². The molecule has 0 radical (unpaired) electrons. The summed E-state index contributed by atoms with van der Waals surface area (Å²) in [7, 11) is 1.75. The number of halogens is 2. The number of fused-ring (bicyclic) bond motifs is 2. The van der Waals surface area contributed by atoms with Gasteiger partial charge >= 0.3 is 0 Å². The zero-order valence-electron chi connectivity index (χ0n) is 16.9. The Hall–Kier alpha value is -2.84. The number of nitrogens with zero attached hydrogens (tertiary/aromatic N) is 4. The maximum Gasteiger partial charge on any atom is 0.247 e. The summed E-state index contributed by atoms with van der Waals surface area (Å²) < 4.78 is 21.9. The Labute approximate surface area is 177 Å². The van der Waals surface area contributed by atoms with E-state index >= 15 is 0 Å². The van der Waals surface area contributed by atoms with Crippen molar-refractivity contribution in [2.24, 2.45) is 7.05 Å². The van der Waals surface area contributed by atoms with E-state index < -0.39 is 5.82 Å². The fraction of sp³-hybridized carbons (Fsp3) is 0.333. The van der Waals surface area contributed by atoms with Crippen LogP contribution in [0.15, 0.2) is 30.5 Å². The molecule has 3 heterocycles. The molecule has 156 valence electrons. The Morgan fingerprint density at radius 3 is 2.70 bits per heavy atom. The van der Waals surface area contributed by atoms with Crippen molar-refractivity contribution in [1.29, 1.82) is 0 Å². The first-order valence-electron chi connectivity index (χ1n) is 9.87. The van der Waals surface area contributed by atoms with Crippen molar-refractivity contribution in [3.8, 4) is 11.6 Å². The summed E-state index contributed by atoms with van der Waals surface area (Å²) in [6.07, 6.45) is 1.74. The lowest BCUT2D eigenvalue weighted by Crippen LogP contribution is -2.54. The number of hydrogen-bond acceptors (Lipinski definition) is 5. The normalized spacial score (nSPS) is 19.7. The van der Waals surface area contributed by atoms with Crippen molar-refractivity contribution in [3.63, 3.8) is 0 Å². The van der Waals surface area contributed by atoms with Crippen LogP contribution >= 0.6 is 11.6 Å². The fourth-order valence-corrected chi connectivity index (χ4v) is 4.51. The second-order valence-electron chi connectivity index (χ2n) is 8.00. The Kier molecular flexibility index (Phi) is 4.56. The number of piperazine rings is 1. The maximum atomic E-state index is 14.4. The molecule has 0 aliphatic carbocycles. The number of nitrogens with one attached hydrogen (secondary N) is 2. The molecule has 5 rings (SSSR count). The van der Waals surface area contributed by atoms with E-state index in [0.717, 1.165) is 24.3 Å². The van der Waals surface area contributed by atoms with Crippen LogP contribution < -0.4 is 15.0 Å². The van der Waals surface area contributed by atoms with Gasteiger partial charge < -0.3 is 15.0 Å². The predicted molar refractivity (Wildman–Crippen MR) is 116 cm³/mol. The third-order valence-electron chi connectivity index (χ3n) is 5.35. The van der Waals surface area contributed by atoms with E-state index in [2.05, 4.69) is 39.4 Å². The van der Waals surface area contributed by atoms with Crippen molar-refractivity contribution in [3.05, 3.63) is 41.3 Å². The predicted octanol–water partition coefficient (Wildman–Crippen LogP) is 4.22. The van der Waals surface area contributed by atoms with Gasteiger partial charge in [-0.1, -0.05) is 11.6 Å². The summed E-state index contributed by atoms with van der Waals surface area (Å²) in [6, 6.07) is 7.78. The van der Waals surface area contributed by atoms with E-state index in [1.807, 2.05) is 12.1 Å². The molecule has 7 nitrogen and oxygen atoms in total. The minimum Gasteiger partial charge on any atom is -0.437 e. The summed E-state index contributed by atoms with van der Waals surface area (Å²) in [4.78, 5) is 2.31. The second-order valence-corrected chi connectivity index (χ2v) is 8.41. The molecule has 1 aliphatic heterocycles. The minimum absolute atomic E-state index is 0.305. The molecule has 1 aliphatic rings. The summed E-state index contributed by atoms with van der Waals surface area (Å²) in [5.41, 5.74) is 2.11. The third-order valence-corrected chi connectivity index (χ3v) is 5.65. The number of benzene rings is 2. The van der Waals surface area contributed by atoms with Gasteiger partial charge in [0.1, 0.15) is 11.3 Å². The molecule has 2 aromatic heterocycles. The topological polar surface area (TPSA) is 71.0 Å². The van der Waals surface area contributed by atoms with Gasteiger partial charge in [0.05, 0.1) is 15.9 Å². The lowest BCUT2D eigenvalue weighted by Gasteiger charge is -2.37. The standard InChI is InChI=1S/C21H22ClFN6O/c1-11-8-29(9-12(2)24-11)14-5-16(22)19-18(6-14)25-26-21(19)30-15-4-13-10-28(3)27-20(13)17(23)7-15/h4-7,10-12,24H,8-9H2,1-3H3,(H,25,26)/t11-,12+. The number of hydrogen-bond donors (Lipinski definition) is 2. The number of aryl methyl sites for hydroxylation is 1. The van der Waals surface area contributed by atoms with E-state index in [4.69, 9.17) is 16.3 Å². The largest absolute Gasteiger partial charge is 0.437 e. The smallest absolute Gasteiger partial charge is 0.247 e. The molecule has 0 spiro atoms. The molecule has 0 unspecified atom stereocenters. The van der Waals surface area contributed by atoms with Crippen molar-refractivity contribution < 1.29 is 9.13 Å². The molecule has 9 heteroatoms. The molecule has 2 aromatic carbocycles. The highest BCUT2D eigenvalue weighted by molar-refractivity contribution is 6.36. The first-order chi connectivity index (χ1) is 14.4. The van der Waals surface area contributed by atoms with Crippen LogP contribution in [-0.2, 0) is 7.05 Å². The van der Waals surface area contributed by atoms with Crippen molar-refractivity contribution in [2.45, 2.75) is 25.9 Å². The van der Waals surface area contributed by atoms with Gasteiger partial charge in [0.2, 0.25) is 5.88 Å². The number of ether oxygens (including phenoxy) is 1. The summed E-state index contributed by atoms with van der Waals surface area (Å²) in [5.74, 6) is 0.204. The fourth-order valence-electron chi connectivity index (χ4n) is 4.22. The molecule has 1 fully saturated rings. The molecule has 1 saturated heterocycles. The van der Waals surface area contributed by atoms with E-state index in [1.54, 1.807) is 24.0 Å². The second kappa shape index (κ2) is 7.14. The Morgan fingerprint density at radius 2 is 1.93 bits per heavy atom. The van der Waals surface area contributed by atoms with Gasteiger partial charge in [-0.15, -0.1) is 5.10 Å². The number of H-pyrrole nitrogens is 1. The van der Waals surface area contributed by atoms with Crippen LogP contribution in [0.4, 0.5) is 10.1 Å². The molecule has 4 aromatic rings. The first-order valence-corrected chi connectivity index (χ1v) is 10.2. The zero-order chi connectivity index (χ0) is 21.0. The summed E-state index contributed by atoms with van der Waals surface area (Å²) >= 11 is 6.63. The van der Waals surface area contributed by atoms with Gasteiger partial charge in [-0.3, -0.25) is 9.78 Å². The van der Waals surface area contributed by atoms with Crippen LogP contribution in [0.25, 0.3) is 21.8 Å². The highest BCUT2D eigenvalue weighted by atomic mass is 35.5. The summed E-state index contributed by atoms with van der Waals surface area (Å²) in [5, 5.41) is 16.8. The van der Waals surface area contributed by atoms with E-state index in [0.29, 0.717) is 45.0 Å². The highest BCUT2D eigenvalue weighted by Crippen LogP contribution is 2.37. The number of aromatic amines is 1. The van der Waals surface area contributed by atoms with Crippen LogP contribution in [0.3, 0.4) is 0 Å². The monoisotopic (exact) mass is 428 g/mol. The average Bonchev–Trinajstić information content (AvgIpc) is 3.24. The molecule has 0 bridgehead atoms. The highest BCUT2D eigenvalue weighted by Gasteiger charge is 2.23.